The lowest BCUT2D eigenvalue weighted by Gasteiger charge is -2.16. The summed E-state index contributed by atoms with van der Waals surface area (Å²) in [6, 6.07) is 7.92. The predicted molar refractivity (Wildman–Crippen MR) is 80.6 cm³/mol. The fourth-order valence-electron chi connectivity index (χ4n) is 2.60. The molecule has 0 aliphatic carbocycles. The van der Waals surface area contributed by atoms with Crippen molar-refractivity contribution in [1.29, 1.82) is 0 Å². The van der Waals surface area contributed by atoms with Gasteiger partial charge in [0.1, 0.15) is 5.76 Å². The number of nitrogens with zero attached hydrogens (tertiary/aromatic N) is 1. The quantitative estimate of drug-likeness (QED) is 0.805. The summed E-state index contributed by atoms with van der Waals surface area (Å²) in [4.78, 5) is 15.5. The summed E-state index contributed by atoms with van der Waals surface area (Å²) in [7, 11) is 0. The van der Waals surface area contributed by atoms with E-state index >= 15 is 0 Å². The van der Waals surface area contributed by atoms with Gasteiger partial charge in [-0.15, -0.1) is 11.3 Å². The van der Waals surface area contributed by atoms with Crippen molar-refractivity contribution in [1.82, 2.24) is 4.90 Å². The number of furan rings is 1. The third-order valence-electron chi connectivity index (χ3n) is 3.66. The number of carbonyl (C=O) groups excluding carboxylic acids is 1. The summed E-state index contributed by atoms with van der Waals surface area (Å²) in [5.41, 5.74) is 0.799. The van der Waals surface area contributed by atoms with E-state index in [1.165, 1.54) is 0 Å². The minimum absolute atomic E-state index is 0.132. The summed E-state index contributed by atoms with van der Waals surface area (Å²) in [5, 5.41) is 2.02. The van der Waals surface area contributed by atoms with Gasteiger partial charge in [0.15, 0.2) is 0 Å². The number of carbonyl (C=O) groups is 1. The first-order valence-electron chi connectivity index (χ1n) is 6.78. The summed E-state index contributed by atoms with van der Waals surface area (Å²) >= 11 is 1.65. The summed E-state index contributed by atoms with van der Waals surface area (Å²) in [5.74, 6) is 1.45. The van der Waals surface area contributed by atoms with Crippen molar-refractivity contribution >= 4 is 23.3 Å². The highest BCUT2D eigenvalue weighted by Gasteiger charge is 2.29. The Balaban J connectivity index is 1.67. The molecule has 2 aromatic heterocycles. The zero-order valence-electron chi connectivity index (χ0n) is 11.4. The van der Waals surface area contributed by atoms with Crippen LogP contribution < -0.4 is 0 Å². The lowest BCUT2D eigenvalue weighted by atomic mass is 10.1. The lowest BCUT2D eigenvalue weighted by Crippen LogP contribution is -2.28. The molecule has 1 atom stereocenters. The molecule has 3 nitrogen and oxygen atoms in total. The van der Waals surface area contributed by atoms with E-state index in [1.54, 1.807) is 17.6 Å². The van der Waals surface area contributed by atoms with Gasteiger partial charge in [-0.2, -0.15) is 0 Å². The zero-order chi connectivity index (χ0) is 13.9. The van der Waals surface area contributed by atoms with Gasteiger partial charge in [-0.1, -0.05) is 6.07 Å². The van der Waals surface area contributed by atoms with Crippen LogP contribution in [0.25, 0.3) is 6.08 Å². The summed E-state index contributed by atoms with van der Waals surface area (Å²) in [6.07, 6.45) is 4.64. The number of hydrogen-bond acceptors (Lipinski definition) is 3. The average molecular weight is 287 g/mol. The van der Waals surface area contributed by atoms with Gasteiger partial charge in [0.25, 0.3) is 0 Å². The smallest absolute Gasteiger partial charge is 0.249 e. The molecule has 1 aliphatic heterocycles. The van der Waals surface area contributed by atoms with Crippen LogP contribution in [0.5, 0.6) is 0 Å². The van der Waals surface area contributed by atoms with Crippen LogP contribution in [-0.4, -0.2) is 23.9 Å². The molecule has 0 N–H and O–H groups in total. The molecule has 0 bridgehead atoms. The van der Waals surface area contributed by atoms with Crippen LogP contribution in [0.2, 0.25) is 0 Å². The molecule has 4 heteroatoms. The van der Waals surface area contributed by atoms with E-state index in [0.717, 1.165) is 35.7 Å². The van der Waals surface area contributed by atoms with Gasteiger partial charge in [-0.3, -0.25) is 4.79 Å². The second-order valence-corrected chi connectivity index (χ2v) is 6.07. The van der Waals surface area contributed by atoms with Gasteiger partial charge in [-0.25, -0.2) is 0 Å². The van der Waals surface area contributed by atoms with Crippen LogP contribution >= 0.6 is 11.3 Å². The molecule has 3 rings (SSSR count). The topological polar surface area (TPSA) is 33.5 Å². The summed E-state index contributed by atoms with van der Waals surface area (Å²) in [6.45, 7) is 3.45. The fourth-order valence-corrected chi connectivity index (χ4v) is 3.31. The van der Waals surface area contributed by atoms with E-state index in [-0.39, 0.29) is 5.91 Å². The second-order valence-electron chi connectivity index (χ2n) is 5.09. The standard InChI is InChI=1S/C16H17NO2S/c1-12(10-14-4-3-9-20-14)16(18)17-7-6-13(11-17)15-5-2-8-19-15/h2-5,8-10,13H,6-7,11H2,1H3/b12-10+. The number of hydrogen-bond donors (Lipinski definition) is 0. The summed E-state index contributed by atoms with van der Waals surface area (Å²) < 4.78 is 5.44. The molecule has 0 spiro atoms. The maximum absolute atomic E-state index is 12.4. The van der Waals surface area contributed by atoms with E-state index in [9.17, 15) is 4.79 Å². The molecule has 20 heavy (non-hydrogen) atoms. The SMILES string of the molecule is C/C(=C\c1cccs1)C(=O)N1CCC(c2ccco2)C1. The maximum atomic E-state index is 12.4. The Hall–Kier alpha value is -1.81. The van der Waals surface area contributed by atoms with Crippen molar-refractivity contribution in [3.63, 3.8) is 0 Å². The van der Waals surface area contributed by atoms with E-state index in [4.69, 9.17) is 4.42 Å². The van der Waals surface area contributed by atoms with Crippen molar-refractivity contribution in [2.45, 2.75) is 19.3 Å². The number of thiophene rings is 1. The van der Waals surface area contributed by atoms with Crippen molar-refractivity contribution in [2.75, 3.05) is 13.1 Å². The average Bonchev–Trinajstić information content (AvgIpc) is 3.18. The van der Waals surface area contributed by atoms with E-state index in [1.807, 2.05) is 47.5 Å². The minimum Gasteiger partial charge on any atom is -0.469 e. The van der Waals surface area contributed by atoms with Gasteiger partial charge in [0, 0.05) is 29.5 Å². The molecule has 0 radical (unpaired) electrons. The van der Waals surface area contributed by atoms with Crippen molar-refractivity contribution in [3.8, 4) is 0 Å². The van der Waals surface area contributed by atoms with Crippen LogP contribution in [0.15, 0.2) is 45.9 Å². The van der Waals surface area contributed by atoms with Crippen LogP contribution in [-0.2, 0) is 4.79 Å². The molecular weight excluding hydrogens is 270 g/mol. The van der Waals surface area contributed by atoms with Gasteiger partial charge in [0.2, 0.25) is 5.91 Å². The molecule has 1 amide bonds. The van der Waals surface area contributed by atoms with Crippen molar-refractivity contribution < 1.29 is 9.21 Å². The van der Waals surface area contributed by atoms with Crippen molar-refractivity contribution in [2.24, 2.45) is 0 Å². The Kier molecular flexibility index (Phi) is 3.74. The number of amides is 1. The third kappa shape index (κ3) is 2.70. The number of likely N-dealkylation sites (tertiary alicyclic amines) is 1. The molecule has 1 aliphatic rings. The first kappa shape index (κ1) is 13.2. The zero-order valence-corrected chi connectivity index (χ0v) is 12.2. The largest absolute Gasteiger partial charge is 0.469 e. The minimum atomic E-state index is 0.132. The first-order chi connectivity index (χ1) is 9.74. The molecule has 104 valence electrons. The Bertz CT molecular complexity index is 598. The highest BCUT2D eigenvalue weighted by Crippen LogP contribution is 2.28. The molecule has 3 heterocycles. The highest BCUT2D eigenvalue weighted by molar-refractivity contribution is 7.10. The molecule has 0 aromatic carbocycles. The molecule has 1 fully saturated rings. The molecule has 0 saturated carbocycles. The van der Waals surface area contributed by atoms with Crippen LogP contribution in [0.1, 0.15) is 29.9 Å². The lowest BCUT2D eigenvalue weighted by molar-refractivity contribution is -0.126. The van der Waals surface area contributed by atoms with Gasteiger partial charge >= 0.3 is 0 Å². The fraction of sp³-hybridized carbons (Fsp3) is 0.312. The third-order valence-corrected chi connectivity index (χ3v) is 4.48. The van der Waals surface area contributed by atoms with Crippen LogP contribution in [0.3, 0.4) is 0 Å². The van der Waals surface area contributed by atoms with E-state index in [2.05, 4.69) is 0 Å². The number of rotatable bonds is 3. The second kappa shape index (κ2) is 5.67. The highest BCUT2D eigenvalue weighted by atomic mass is 32.1. The Morgan fingerprint density at radius 3 is 3.05 bits per heavy atom. The van der Waals surface area contributed by atoms with Crippen LogP contribution in [0.4, 0.5) is 0 Å². The monoisotopic (exact) mass is 287 g/mol. The van der Waals surface area contributed by atoms with E-state index < -0.39 is 0 Å². The Morgan fingerprint density at radius 1 is 1.45 bits per heavy atom. The van der Waals surface area contributed by atoms with Crippen molar-refractivity contribution in [3.05, 3.63) is 52.1 Å². The van der Waals surface area contributed by atoms with Gasteiger partial charge in [0.05, 0.1) is 6.26 Å². The first-order valence-corrected chi connectivity index (χ1v) is 7.66. The molecular formula is C16H17NO2S. The van der Waals surface area contributed by atoms with Crippen LogP contribution in [0, 0.1) is 0 Å². The predicted octanol–water partition coefficient (Wildman–Crippen LogP) is 3.76. The molecule has 1 saturated heterocycles. The maximum Gasteiger partial charge on any atom is 0.249 e. The normalized spacial score (nSPS) is 19.6. The Morgan fingerprint density at radius 2 is 2.35 bits per heavy atom. The molecule has 1 unspecified atom stereocenters. The van der Waals surface area contributed by atoms with E-state index in [0.29, 0.717) is 5.92 Å². The Labute approximate surface area is 122 Å². The molecule has 2 aromatic rings. The van der Waals surface area contributed by atoms with Gasteiger partial charge < -0.3 is 9.32 Å². The van der Waals surface area contributed by atoms with Gasteiger partial charge in [-0.05, 0) is 43.0 Å².